The van der Waals surface area contributed by atoms with Crippen LogP contribution >= 0.6 is 23.2 Å². The fourth-order valence-electron chi connectivity index (χ4n) is 3.20. The summed E-state index contributed by atoms with van der Waals surface area (Å²) < 4.78 is 0. The Kier molecular flexibility index (Phi) is 4.34. The van der Waals surface area contributed by atoms with Gasteiger partial charge in [-0.1, -0.05) is 47.5 Å². The van der Waals surface area contributed by atoms with Gasteiger partial charge in [-0.15, -0.1) is 0 Å². The van der Waals surface area contributed by atoms with Crippen molar-refractivity contribution in [1.29, 1.82) is 0 Å². The van der Waals surface area contributed by atoms with Crippen LogP contribution in [0.25, 0.3) is 10.9 Å². The molecule has 3 amide bonds. The van der Waals surface area contributed by atoms with E-state index in [2.05, 4.69) is 10.3 Å². The van der Waals surface area contributed by atoms with Crippen molar-refractivity contribution < 1.29 is 9.59 Å². The molecule has 1 aliphatic rings. The molecule has 1 aromatic heterocycles. The maximum atomic E-state index is 12.7. The molecule has 0 bridgehead atoms. The van der Waals surface area contributed by atoms with E-state index in [4.69, 9.17) is 23.2 Å². The van der Waals surface area contributed by atoms with Gasteiger partial charge >= 0.3 is 6.03 Å². The van der Waals surface area contributed by atoms with E-state index in [0.717, 1.165) is 22.0 Å². The standard InChI is InChI=1S/C19H15Cl2N3O2/c20-13-6-4-11(5-7-13)10-24-18(25)16(23-19(24)26)8-12-9-22-17-14(12)2-1-3-15(17)21/h1-7,9,16,22H,8,10H2,(H,23,26)/t16-/m1/s1. The molecule has 0 radical (unpaired) electrons. The fourth-order valence-corrected chi connectivity index (χ4v) is 3.56. The van der Waals surface area contributed by atoms with Gasteiger partial charge in [-0.2, -0.15) is 0 Å². The maximum Gasteiger partial charge on any atom is 0.325 e. The van der Waals surface area contributed by atoms with Crippen LogP contribution in [0.3, 0.4) is 0 Å². The minimum atomic E-state index is -0.590. The van der Waals surface area contributed by atoms with Gasteiger partial charge in [-0.05, 0) is 29.3 Å². The second kappa shape index (κ2) is 6.67. The van der Waals surface area contributed by atoms with E-state index in [9.17, 15) is 9.59 Å². The highest BCUT2D eigenvalue weighted by molar-refractivity contribution is 6.35. The normalized spacial score (nSPS) is 17.2. The first kappa shape index (κ1) is 16.9. The Balaban J connectivity index is 1.53. The van der Waals surface area contributed by atoms with Gasteiger partial charge in [0, 0.05) is 23.0 Å². The molecule has 0 unspecified atom stereocenters. The lowest BCUT2D eigenvalue weighted by atomic mass is 10.0. The predicted molar refractivity (Wildman–Crippen MR) is 101 cm³/mol. The number of benzene rings is 2. The van der Waals surface area contributed by atoms with Crippen LogP contribution in [0, 0.1) is 0 Å². The van der Waals surface area contributed by atoms with E-state index in [-0.39, 0.29) is 18.5 Å². The number of rotatable bonds is 4. The molecule has 0 spiro atoms. The van der Waals surface area contributed by atoms with E-state index in [1.165, 1.54) is 4.90 Å². The molecule has 4 rings (SSSR count). The summed E-state index contributed by atoms with van der Waals surface area (Å²) in [5.74, 6) is -0.235. The third-order valence-corrected chi connectivity index (χ3v) is 5.10. The van der Waals surface area contributed by atoms with Gasteiger partial charge in [-0.3, -0.25) is 9.69 Å². The number of amides is 3. The van der Waals surface area contributed by atoms with E-state index in [1.54, 1.807) is 30.3 Å². The zero-order valence-corrected chi connectivity index (χ0v) is 15.1. The summed E-state index contributed by atoms with van der Waals surface area (Å²) in [6.45, 7) is 0.220. The lowest BCUT2D eigenvalue weighted by Crippen LogP contribution is -2.32. The third-order valence-electron chi connectivity index (χ3n) is 4.54. The smallest absolute Gasteiger partial charge is 0.325 e. The summed E-state index contributed by atoms with van der Waals surface area (Å²) in [4.78, 5) is 29.3. The second-order valence-corrected chi connectivity index (χ2v) is 7.08. The van der Waals surface area contributed by atoms with Crippen molar-refractivity contribution in [2.75, 3.05) is 0 Å². The van der Waals surface area contributed by atoms with Gasteiger partial charge in [-0.25, -0.2) is 4.79 Å². The number of aromatic amines is 1. The number of nitrogens with zero attached hydrogens (tertiary/aromatic N) is 1. The van der Waals surface area contributed by atoms with E-state index in [1.807, 2.05) is 18.3 Å². The Morgan fingerprint density at radius 3 is 2.58 bits per heavy atom. The molecule has 2 heterocycles. The van der Waals surface area contributed by atoms with Crippen LogP contribution in [0.4, 0.5) is 4.79 Å². The summed E-state index contributed by atoms with van der Waals surface area (Å²) in [5.41, 5.74) is 2.62. The average Bonchev–Trinajstić information content (AvgIpc) is 3.15. The lowest BCUT2D eigenvalue weighted by molar-refractivity contribution is -0.127. The van der Waals surface area contributed by atoms with Crippen molar-refractivity contribution in [1.82, 2.24) is 15.2 Å². The van der Waals surface area contributed by atoms with Gasteiger partial charge in [0.15, 0.2) is 0 Å². The molecule has 0 saturated carbocycles. The van der Waals surface area contributed by atoms with E-state index < -0.39 is 6.04 Å². The number of nitrogens with one attached hydrogen (secondary N) is 2. The molecular formula is C19H15Cl2N3O2. The van der Waals surface area contributed by atoms with E-state index >= 15 is 0 Å². The summed E-state index contributed by atoms with van der Waals surface area (Å²) in [5, 5.41) is 4.96. The second-order valence-electron chi connectivity index (χ2n) is 6.23. The van der Waals surface area contributed by atoms with Gasteiger partial charge < -0.3 is 10.3 Å². The first-order chi connectivity index (χ1) is 12.5. The Morgan fingerprint density at radius 2 is 1.81 bits per heavy atom. The lowest BCUT2D eigenvalue weighted by Gasteiger charge is -2.13. The van der Waals surface area contributed by atoms with E-state index in [0.29, 0.717) is 16.5 Å². The number of para-hydroxylation sites is 1. The highest BCUT2D eigenvalue weighted by Gasteiger charge is 2.38. The monoisotopic (exact) mass is 387 g/mol. The quantitative estimate of drug-likeness (QED) is 0.660. The average molecular weight is 388 g/mol. The van der Waals surface area contributed by atoms with Crippen LogP contribution in [0.2, 0.25) is 10.0 Å². The molecule has 132 valence electrons. The van der Waals surface area contributed by atoms with Gasteiger partial charge in [0.1, 0.15) is 6.04 Å². The molecule has 0 aliphatic carbocycles. The predicted octanol–water partition coefficient (Wildman–Crippen LogP) is 4.14. The number of halogens is 2. The van der Waals surface area contributed by atoms with Gasteiger partial charge in [0.05, 0.1) is 17.1 Å². The van der Waals surface area contributed by atoms with Gasteiger partial charge in [0.2, 0.25) is 0 Å². The number of hydrogen-bond acceptors (Lipinski definition) is 2. The van der Waals surface area contributed by atoms with Crippen LogP contribution in [-0.2, 0) is 17.8 Å². The van der Waals surface area contributed by atoms with Crippen LogP contribution in [0.5, 0.6) is 0 Å². The van der Waals surface area contributed by atoms with Crippen LogP contribution in [0.15, 0.2) is 48.7 Å². The largest absolute Gasteiger partial charge is 0.360 e. The van der Waals surface area contributed by atoms with Crippen molar-refractivity contribution in [2.24, 2.45) is 0 Å². The summed E-state index contributed by atoms with van der Waals surface area (Å²) in [6, 6.07) is 11.7. The SMILES string of the molecule is O=C1N[C@H](Cc2c[nH]c3c(Cl)cccc23)C(=O)N1Cc1ccc(Cl)cc1. The topological polar surface area (TPSA) is 65.2 Å². The minimum absolute atomic E-state index is 0.220. The summed E-state index contributed by atoms with van der Waals surface area (Å²) >= 11 is 12.1. The Morgan fingerprint density at radius 1 is 1.04 bits per heavy atom. The van der Waals surface area contributed by atoms with Crippen molar-refractivity contribution >= 4 is 46.0 Å². The van der Waals surface area contributed by atoms with Crippen molar-refractivity contribution in [3.05, 3.63) is 69.8 Å². The molecule has 2 aromatic carbocycles. The third kappa shape index (κ3) is 3.04. The van der Waals surface area contributed by atoms with Crippen molar-refractivity contribution in [3.8, 4) is 0 Å². The number of aromatic nitrogens is 1. The molecule has 26 heavy (non-hydrogen) atoms. The number of carbonyl (C=O) groups excluding carboxylic acids is 2. The summed E-state index contributed by atoms with van der Waals surface area (Å²) in [6.07, 6.45) is 2.24. The molecule has 3 aromatic rings. The van der Waals surface area contributed by atoms with Crippen LogP contribution in [-0.4, -0.2) is 27.9 Å². The number of hydrogen-bond donors (Lipinski definition) is 2. The first-order valence-electron chi connectivity index (χ1n) is 8.14. The summed E-state index contributed by atoms with van der Waals surface area (Å²) in [7, 11) is 0. The minimum Gasteiger partial charge on any atom is -0.360 e. The van der Waals surface area contributed by atoms with Crippen molar-refractivity contribution in [3.63, 3.8) is 0 Å². The number of fused-ring (bicyclic) bond motifs is 1. The molecule has 1 saturated heterocycles. The van der Waals surface area contributed by atoms with Crippen LogP contribution in [0.1, 0.15) is 11.1 Å². The number of imide groups is 1. The van der Waals surface area contributed by atoms with Crippen LogP contribution < -0.4 is 5.32 Å². The van der Waals surface area contributed by atoms with Crippen molar-refractivity contribution in [2.45, 2.75) is 19.0 Å². The fraction of sp³-hybridized carbons (Fsp3) is 0.158. The molecule has 1 atom stereocenters. The molecule has 1 aliphatic heterocycles. The Hall–Kier alpha value is -2.50. The first-order valence-corrected chi connectivity index (χ1v) is 8.89. The highest BCUT2D eigenvalue weighted by Crippen LogP contribution is 2.27. The molecule has 5 nitrogen and oxygen atoms in total. The maximum absolute atomic E-state index is 12.7. The number of H-pyrrole nitrogens is 1. The molecule has 1 fully saturated rings. The zero-order chi connectivity index (χ0) is 18.3. The van der Waals surface area contributed by atoms with Gasteiger partial charge in [0.25, 0.3) is 5.91 Å². The number of urea groups is 1. The Bertz CT molecular complexity index is 998. The molecule has 2 N–H and O–H groups in total. The zero-order valence-electron chi connectivity index (χ0n) is 13.6. The molecule has 7 heteroatoms. The highest BCUT2D eigenvalue weighted by atomic mass is 35.5. The number of carbonyl (C=O) groups is 2. The Labute approximate surface area is 159 Å². The molecular weight excluding hydrogens is 373 g/mol.